The van der Waals surface area contributed by atoms with Gasteiger partial charge in [0.1, 0.15) is 0 Å². The summed E-state index contributed by atoms with van der Waals surface area (Å²) < 4.78 is 0. The molecule has 154 valence electrons. The van der Waals surface area contributed by atoms with E-state index in [0.717, 1.165) is 5.56 Å². The lowest BCUT2D eigenvalue weighted by Crippen LogP contribution is -2.52. The van der Waals surface area contributed by atoms with Gasteiger partial charge in [-0.25, -0.2) is 9.59 Å². The van der Waals surface area contributed by atoms with Gasteiger partial charge < -0.3 is 20.6 Å². The molecule has 0 bridgehead atoms. The number of hydrogen-bond donors (Lipinski definition) is 3. The first kappa shape index (κ1) is 21.9. The maximum absolute atomic E-state index is 12.4. The van der Waals surface area contributed by atoms with Gasteiger partial charge in [0.15, 0.2) is 5.54 Å². The van der Waals surface area contributed by atoms with Crippen molar-refractivity contribution in [3.05, 3.63) is 71.8 Å². The second-order valence-electron chi connectivity index (χ2n) is 6.80. The van der Waals surface area contributed by atoms with Gasteiger partial charge in [0.2, 0.25) is 5.91 Å². The monoisotopic (exact) mass is 397 g/mol. The summed E-state index contributed by atoms with van der Waals surface area (Å²) in [5.74, 6) is -1.56. The van der Waals surface area contributed by atoms with E-state index in [-0.39, 0.29) is 25.4 Å². The van der Waals surface area contributed by atoms with Crippen LogP contribution < -0.4 is 10.6 Å². The third-order valence-electron chi connectivity index (χ3n) is 4.75. The van der Waals surface area contributed by atoms with Gasteiger partial charge in [-0.3, -0.25) is 4.79 Å². The van der Waals surface area contributed by atoms with E-state index >= 15 is 0 Å². The Morgan fingerprint density at radius 2 is 1.59 bits per heavy atom. The Labute approximate surface area is 170 Å². The van der Waals surface area contributed by atoms with Crippen LogP contribution in [0.1, 0.15) is 30.9 Å². The van der Waals surface area contributed by atoms with Gasteiger partial charge in [-0.2, -0.15) is 0 Å². The fourth-order valence-electron chi connectivity index (χ4n) is 3.06. The average molecular weight is 397 g/mol. The van der Waals surface area contributed by atoms with Gasteiger partial charge in [-0.05, 0) is 17.5 Å². The highest BCUT2D eigenvalue weighted by Gasteiger charge is 2.39. The Hall–Kier alpha value is -3.35. The second-order valence-corrected chi connectivity index (χ2v) is 6.80. The molecule has 0 radical (unpaired) electrons. The molecule has 0 saturated carbocycles. The standard InChI is InChI=1S/C22H27N3O4/c1-3-22(20(27)28,18-12-8-5-9-13-18)24-19(26)14-15-23-21(29)25(2)16-17-10-6-4-7-11-17/h4-13H,3,14-16H2,1-2H3,(H,23,29)(H,24,26)(H,27,28). The fraction of sp³-hybridized carbons (Fsp3) is 0.318. The van der Waals surface area contributed by atoms with Crippen molar-refractivity contribution in [2.45, 2.75) is 31.8 Å². The first-order valence-electron chi connectivity index (χ1n) is 9.52. The Morgan fingerprint density at radius 3 is 2.14 bits per heavy atom. The SMILES string of the molecule is CCC(NC(=O)CCNC(=O)N(C)Cc1ccccc1)(C(=O)O)c1ccccc1. The van der Waals surface area contributed by atoms with Gasteiger partial charge in [0, 0.05) is 26.6 Å². The molecule has 2 rings (SSSR count). The number of nitrogens with one attached hydrogen (secondary N) is 2. The number of carboxylic acids is 1. The minimum absolute atomic E-state index is 0.0211. The van der Waals surface area contributed by atoms with Crippen LogP contribution in [0.4, 0.5) is 4.79 Å². The normalized spacial score (nSPS) is 12.5. The van der Waals surface area contributed by atoms with Gasteiger partial charge >= 0.3 is 12.0 Å². The molecule has 7 nitrogen and oxygen atoms in total. The smallest absolute Gasteiger partial charge is 0.334 e. The summed E-state index contributed by atoms with van der Waals surface area (Å²) in [4.78, 5) is 38.0. The summed E-state index contributed by atoms with van der Waals surface area (Å²) in [6, 6.07) is 17.9. The van der Waals surface area contributed by atoms with Crippen molar-refractivity contribution in [3.8, 4) is 0 Å². The van der Waals surface area contributed by atoms with Gasteiger partial charge in [-0.15, -0.1) is 0 Å². The molecule has 0 aromatic heterocycles. The molecule has 29 heavy (non-hydrogen) atoms. The molecule has 7 heteroatoms. The second kappa shape index (κ2) is 10.3. The lowest BCUT2D eigenvalue weighted by atomic mass is 9.87. The molecule has 0 saturated heterocycles. The fourth-order valence-corrected chi connectivity index (χ4v) is 3.06. The van der Waals surface area contributed by atoms with Crippen LogP contribution in [0.5, 0.6) is 0 Å². The molecule has 0 aliphatic carbocycles. The van der Waals surface area contributed by atoms with Gasteiger partial charge in [0.25, 0.3) is 0 Å². The predicted octanol–water partition coefficient (Wildman–Crippen LogP) is 2.72. The number of benzene rings is 2. The average Bonchev–Trinajstić information content (AvgIpc) is 2.73. The molecular weight excluding hydrogens is 370 g/mol. The van der Waals surface area contributed by atoms with E-state index in [4.69, 9.17) is 0 Å². The molecular formula is C22H27N3O4. The van der Waals surface area contributed by atoms with Crippen molar-refractivity contribution < 1.29 is 19.5 Å². The van der Waals surface area contributed by atoms with E-state index in [2.05, 4.69) is 10.6 Å². The van der Waals surface area contributed by atoms with E-state index in [9.17, 15) is 19.5 Å². The largest absolute Gasteiger partial charge is 0.479 e. The molecule has 0 fully saturated rings. The molecule has 0 aliphatic rings. The maximum atomic E-state index is 12.4. The first-order valence-corrected chi connectivity index (χ1v) is 9.52. The number of hydrogen-bond acceptors (Lipinski definition) is 3. The molecule has 0 aliphatic heterocycles. The molecule has 3 amide bonds. The van der Waals surface area contributed by atoms with Crippen molar-refractivity contribution in [3.63, 3.8) is 0 Å². The Kier molecular flexibility index (Phi) is 7.77. The van der Waals surface area contributed by atoms with Gasteiger partial charge in [-0.1, -0.05) is 67.6 Å². The highest BCUT2D eigenvalue weighted by atomic mass is 16.4. The highest BCUT2D eigenvalue weighted by molar-refractivity contribution is 5.88. The summed E-state index contributed by atoms with van der Waals surface area (Å²) in [6.45, 7) is 2.27. The lowest BCUT2D eigenvalue weighted by Gasteiger charge is -2.30. The van der Waals surface area contributed by atoms with Crippen LogP contribution >= 0.6 is 0 Å². The van der Waals surface area contributed by atoms with E-state index in [1.54, 1.807) is 44.3 Å². The van der Waals surface area contributed by atoms with Crippen molar-refractivity contribution in [2.24, 2.45) is 0 Å². The van der Waals surface area contributed by atoms with Crippen molar-refractivity contribution in [2.75, 3.05) is 13.6 Å². The van der Waals surface area contributed by atoms with Crippen LogP contribution in [0, 0.1) is 0 Å². The Balaban J connectivity index is 1.89. The quantitative estimate of drug-likeness (QED) is 0.606. The highest BCUT2D eigenvalue weighted by Crippen LogP contribution is 2.25. The number of amides is 3. The maximum Gasteiger partial charge on any atom is 0.334 e. The van der Waals surface area contributed by atoms with Crippen LogP contribution in [0.2, 0.25) is 0 Å². The number of urea groups is 1. The van der Waals surface area contributed by atoms with Crippen molar-refractivity contribution in [1.82, 2.24) is 15.5 Å². The van der Waals surface area contributed by atoms with Crippen LogP contribution in [0.15, 0.2) is 60.7 Å². The van der Waals surface area contributed by atoms with E-state index in [0.29, 0.717) is 12.1 Å². The molecule has 3 N–H and O–H groups in total. The third-order valence-corrected chi connectivity index (χ3v) is 4.75. The lowest BCUT2D eigenvalue weighted by molar-refractivity contribution is -0.148. The molecule has 0 spiro atoms. The zero-order valence-electron chi connectivity index (χ0n) is 16.7. The third kappa shape index (κ3) is 5.81. The minimum atomic E-state index is -1.49. The summed E-state index contributed by atoms with van der Waals surface area (Å²) in [6.07, 6.45) is 0.178. The van der Waals surface area contributed by atoms with E-state index in [1.807, 2.05) is 30.3 Å². The zero-order chi connectivity index (χ0) is 21.3. The van der Waals surface area contributed by atoms with Crippen LogP contribution in [0.3, 0.4) is 0 Å². The molecule has 0 heterocycles. The van der Waals surface area contributed by atoms with Crippen molar-refractivity contribution >= 4 is 17.9 Å². The molecule has 1 atom stereocenters. The van der Waals surface area contributed by atoms with E-state index < -0.39 is 17.4 Å². The number of carbonyl (C=O) groups is 3. The first-order chi connectivity index (χ1) is 13.9. The molecule has 2 aromatic rings. The van der Waals surface area contributed by atoms with Crippen molar-refractivity contribution in [1.29, 1.82) is 0 Å². The van der Waals surface area contributed by atoms with Gasteiger partial charge in [0.05, 0.1) is 0 Å². The minimum Gasteiger partial charge on any atom is -0.479 e. The number of rotatable bonds is 9. The predicted molar refractivity (Wildman–Crippen MR) is 110 cm³/mol. The summed E-state index contributed by atoms with van der Waals surface area (Å²) >= 11 is 0. The molecule has 1 unspecified atom stereocenters. The summed E-state index contributed by atoms with van der Waals surface area (Å²) in [7, 11) is 1.67. The van der Waals surface area contributed by atoms with Crippen LogP contribution in [-0.2, 0) is 21.7 Å². The zero-order valence-corrected chi connectivity index (χ0v) is 16.7. The van der Waals surface area contributed by atoms with E-state index in [1.165, 1.54) is 4.90 Å². The number of nitrogens with zero attached hydrogens (tertiary/aromatic N) is 1. The van der Waals surface area contributed by atoms with Crippen LogP contribution in [-0.4, -0.2) is 41.5 Å². The number of carbonyl (C=O) groups excluding carboxylic acids is 2. The summed E-state index contributed by atoms with van der Waals surface area (Å²) in [5.41, 5.74) is 0.0156. The van der Waals surface area contributed by atoms with Crippen LogP contribution in [0.25, 0.3) is 0 Å². The number of carboxylic acid groups (broad SMARTS) is 1. The Morgan fingerprint density at radius 1 is 1.00 bits per heavy atom. The number of aliphatic carboxylic acids is 1. The summed E-state index contributed by atoms with van der Waals surface area (Å²) in [5, 5.41) is 15.1. The topological polar surface area (TPSA) is 98.7 Å². The Bertz CT molecular complexity index is 826. The molecule has 2 aromatic carbocycles.